The zero-order valence-electron chi connectivity index (χ0n) is 13.6. The quantitative estimate of drug-likeness (QED) is 0.740. The number of carbonyl (C=O) groups excluding carboxylic acids is 1. The molecule has 0 saturated heterocycles. The number of anilines is 2. The molecule has 2 N–H and O–H groups in total. The number of hydrogen-bond donors (Lipinski definition) is 2. The Kier molecular flexibility index (Phi) is 5.15. The van der Waals surface area contributed by atoms with Gasteiger partial charge in [-0.25, -0.2) is 14.4 Å². The minimum atomic E-state index is -0.391. The Bertz CT molecular complexity index is 949. The molecule has 3 aromatic rings. The summed E-state index contributed by atoms with van der Waals surface area (Å²) in [4.78, 5) is 20.3. The Hall–Kier alpha value is -3.79. The van der Waals surface area contributed by atoms with Gasteiger partial charge in [-0.1, -0.05) is 18.2 Å². The van der Waals surface area contributed by atoms with Crippen molar-refractivity contribution in [1.29, 1.82) is 5.26 Å². The van der Waals surface area contributed by atoms with Gasteiger partial charge in [-0.2, -0.15) is 5.26 Å². The van der Waals surface area contributed by atoms with Gasteiger partial charge in [0.05, 0.1) is 17.2 Å². The minimum absolute atomic E-state index is 0.0801. The summed E-state index contributed by atoms with van der Waals surface area (Å²) >= 11 is 0. The summed E-state index contributed by atoms with van der Waals surface area (Å²) in [6.07, 6.45) is 2.77. The standard InChI is InChI=1S/C19H14FN5O/c20-17-4-2-1-3-14(17)10-22-18(26)15-11-23-19(24-12-15)25-16-7-5-13(9-21)6-8-16/h1-8,11-12H,10H2,(H,22,26)(H,23,24,25). The van der Waals surface area contributed by atoms with Crippen LogP contribution in [0.15, 0.2) is 60.9 Å². The first kappa shape index (κ1) is 17.0. The van der Waals surface area contributed by atoms with Gasteiger partial charge in [0, 0.05) is 30.2 Å². The maximum atomic E-state index is 13.5. The molecule has 1 heterocycles. The number of amides is 1. The lowest BCUT2D eigenvalue weighted by molar-refractivity contribution is 0.0950. The number of benzene rings is 2. The number of nitriles is 1. The van der Waals surface area contributed by atoms with E-state index in [2.05, 4.69) is 20.6 Å². The molecule has 0 unspecified atom stereocenters. The van der Waals surface area contributed by atoms with Crippen molar-refractivity contribution in [3.05, 3.63) is 83.4 Å². The molecule has 128 valence electrons. The third-order valence-electron chi connectivity index (χ3n) is 3.58. The number of halogens is 1. The second-order valence-electron chi connectivity index (χ2n) is 5.38. The van der Waals surface area contributed by atoms with E-state index in [9.17, 15) is 9.18 Å². The predicted octanol–water partition coefficient (Wildman–Crippen LogP) is 3.16. The van der Waals surface area contributed by atoms with Crippen LogP contribution in [0.3, 0.4) is 0 Å². The molecule has 0 spiro atoms. The zero-order chi connectivity index (χ0) is 18.4. The maximum absolute atomic E-state index is 13.5. The second kappa shape index (κ2) is 7.85. The van der Waals surface area contributed by atoms with Gasteiger partial charge in [-0.05, 0) is 30.3 Å². The van der Waals surface area contributed by atoms with Gasteiger partial charge in [0.2, 0.25) is 5.95 Å². The van der Waals surface area contributed by atoms with Gasteiger partial charge >= 0.3 is 0 Å². The summed E-state index contributed by atoms with van der Waals surface area (Å²) in [6.45, 7) is 0.0801. The number of hydrogen-bond acceptors (Lipinski definition) is 5. The Morgan fingerprint density at radius 2 is 1.77 bits per heavy atom. The Morgan fingerprint density at radius 3 is 2.42 bits per heavy atom. The van der Waals surface area contributed by atoms with Crippen LogP contribution in [0.4, 0.5) is 16.0 Å². The van der Waals surface area contributed by atoms with Crippen molar-refractivity contribution in [3.8, 4) is 6.07 Å². The molecule has 0 aliphatic heterocycles. The molecule has 0 atom stereocenters. The van der Waals surface area contributed by atoms with Crippen LogP contribution in [-0.4, -0.2) is 15.9 Å². The van der Waals surface area contributed by atoms with E-state index >= 15 is 0 Å². The Balaban J connectivity index is 1.60. The second-order valence-corrected chi connectivity index (χ2v) is 5.38. The van der Waals surface area contributed by atoms with Crippen molar-refractivity contribution >= 4 is 17.5 Å². The van der Waals surface area contributed by atoms with Gasteiger partial charge in [0.15, 0.2) is 0 Å². The van der Waals surface area contributed by atoms with Crippen LogP contribution in [0.1, 0.15) is 21.5 Å². The number of rotatable bonds is 5. The van der Waals surface area contributed by atoms with Crippen molar-refractivity contribution in [1.82, 2.24) is 15.3 Å². The van der Waals surface area contributed by atoms with E-state index in [1.165, 1.54) is 18.5 Å². The monoisotopic (exact) mass is 347 g/mol. The summed E-state index contributed by atoms with van der Waals surface area (Å²) in [7, 11) is 0. The average molecular weight is 347 g/mol. The normalized spacial score (nSPS) is 10.0. The van der Waals surface area contributed by atoms with Gasteiger partial charge in [-0.15, -0.1) is 0 Å². The molecule has 0 saturated carbocycles. The summed E-state index contributed by atoms with van der Waals surface area (Å²) in [5, 5.41) is 14.4. The van der Waals surface area contributed by atoms with Crippen LogP contribution in [0, 0.1) is 17.1 Å². The fraction of sp³-hybridized carbons (Fsp3) is 0.0526. The van der Waals surface area contributed by atoms with E-state index in [1.54, 1.807) is 42.5 Å². The summed E-state index contributed by atoms with van der Waals surface area (Å²) < 4.78 is 13.5. The van der Waals surface area contributed by atoms with E-state index in [-0.39, 0.29) is 17.9 Å². The van der Waals surface area contributed by atoms with E-state index in [1.807, 2.05) is 6.07 Å². The van der Waals surface area contributed by atoms with Gasteiger partial charge < -0.3 is 10.6 Å². The van der Waals surface area contributed by atoms with Crippen molar-refractivity contribution in [2.24, 2.45) is 0 Å². The van der Waals surface area contributed by atoms with Crippen LogP contribution in [0.2, 0.25) is 0 Å². The molecule has 0 bridgehead atoms. The zero-order valence-corrected chi connectivity index (χ0v) is 13.6. The number of nitrogens with one attached hydrogen (secondary N) is 2. The Labute approximate surface area is 149 Å². The number of nitrogens with zero attached hydrogens (tertiary/aromatic N) is 3. The molecule has 0 aliphatic carbocycles. The summed E-state index contributed by atoms with van der Waals surface area (Å²) in [5.41, 5.74) is 1.95. The molecular weight excluding hydrogens is 333 g/mol. The highest BCUT2D eigenvalue weighted by molar-refractivity contribution is 5.93. The SMILES string of the molecule is N#Cc1ccc(Nc2ncc(C(=O)NCc3ccccc3F)cn2)cc1. The molecule has 2 aromatic carbocycles. The third-order valence-corrected chi connectivity index (χ3v) is 3.58. The van der Waals surface area contributed by atoms with Gasteiger partial charge in [0.1, 0.15) is 5.82 Å². The number of aromatic nitrogens is 2. The van der Waals surface area contributed by atoms with Crippen molar-refractivity contribution < 1.29 is 9.18 Å². The fourth-order valence-corrected chi connectivity index (χ4v) is 2.19. The molecule has 0 radical (unpaired) electrons. The van der Waals surface area contributed by atoms with Crippen LogP contribution in [-0.2, 0) is 6.54 Å². The van der Waals surface area contributed by atoms with Crippen molar-refractivity contribution in [2.75, 3.05) is 5.32 Å². The smallest absolute Gasteiger partial charge is 0.254 e. The molecule has 3 rings (SSSR count). The Morgan fingerprint density at radius 1 is 1.08 bits per heavy atom. The first-order valence-corrected chi connectivity index (χ1v) is 7.76. The maximum Gasteiger partial charge on any atom is 0.254 e. The average Bonchev–Trinajstić information content (AvgIpc) is 2.68. The first-order chi connectivity index (χ1) is 12.7. The topological polar surface area (TPSA) is 90.7 Å². The highest BCUT2D eigenvalue weighted by Crippen LogP contribution is 2.13. The predicted molar refractivity (Wildman–Crippen MR) is 94.0 cm³/mol. The van der Waals surface area contributed by atoms with Crippen LogP contribution < -0.4 is 10.6 Å². The molecular formula is C19H14FN5O. The van der Waals surface area contributed by atoms with E-state index in [0.717, 1.165) is 5.69 Å². The largest absolute Gasteiger partial charge is 0.348 e. The van der Waals surface area contributed by atoms with E-state index in [0.29, 0.717) is 17.1 Å². The lowest BCUT2D eigenvalue weighted by atomic mass is 10.2. The molecule has 0 fully saturated rings. The minimum Gasteiger partial charge on any atom is -0.348 e. The lowest BCUT2D eigenvalue weighted by Gasteiger charge is -2.07. The third kappa shape index (κ3) is 4.19. The molecule has 7 heteroatoms. The molecule has 1 aromatic heterocycles. The lowest BCUT2D eigenvalue weighted by Crippen LogP contribution is -2.23. The van der Waals surface area contributed by atoms with Crippen LogP contribution >= 0.6 is 0 Å². The molecule has 26 heavy (non-hydrogen) atoms. The van der Waals surface area contributed by atoms with E-state index < -0.39 is 5.91 Å². The first-order valence-electron chi connectivity index (χ1n) is 7.76. The van der Waals surface area contributed by atoms with Gasteiger partial charge in [-0.3, -0.25) is 4.79 Å². The molecule has 1 amide bonds. The van der Waals surface area contributed by atoms with E-state index in [4.69, 9.17) is 5.26 Å². The van der Waals surface area contributed by atoms with Crippen molar-refractivity contribution in [3.63, 3.8) is 0 Å². The number of carbonyl (C=O) groups is 1. The van der Waals surface area contributed by atoms with Gasteiger partial charge in [0.25, 0.3) is 5.91 Å². The summed E-state index contributed by atoms with van der Waals surface area (Å²) in [5.74, 6) is -0.440. The fourth-order valence-electron chi connectivity index (χ4n) is 2.19. The molecule has 6 nitrogen and oxygen atoms in total. The highest BCUT2D eigenvalue weighted by atomic mass is 19.1. The molecule has 0 aliphatic rings. The summed E-state index contributed by atoms with van der Waals surface area (Å²) in [6, 6.07) is 15.1. The van der Waals surface area contributed by atoms with Crippen LogP contribution in [0.25, 0.3) is 0 Å². The van der Waals surface area contributed by atoms with Crippen LogP contribution in [0.5, 0.6) is 0 Å². The van der Waals surface area contributed by atoms with Crippen molar-refractivity contribution in [2.45, 2.75) is 6.54 Å². The highest BCUT2D eigenvalue weighted by Gasteiger charge is 2.09.